The van der Waals surface area contributed by atoms with Gasteiger partial charge in [0.05, 0.1) is 18.9 Å². The number of halogens is 2. The van der Waals surface area contributed by atoms with Gasteiger partial charge in [-0.3, -0.25) is 4.79 Å². The quantitative estimate of drug-likeness (QED) is 0.318. The van der Waals surface area contributed by atoms with Crippen molar-refractivity contribution in [3.63, 3.8) is 0 Å². The Morgan fingerprint density at radius 3 is 2.26 bits per heavy atom. The molecule has 3 aromatic carbocycles. The van der Waals surface area contributed by atoms with Gasteiger partial charge in [0.15, 0.2) is 0 Å². The molecule has 6 heteroatoms. The largest absolute Gasteiger partial charge is 0.497 e. The van der Waals surface area contributed by atoms with Crippen molar-refractivity contribution >= 4 is 49.6 Å². The first-order chi connectivity index (χ1) is 16.5. The summed E-state index contributed by atoms with van der Waals surface area (Å²) in [5, 5.41) is 6.68. The van der Waals surface area contributed by atoms with Gasteiger partial charge in [-0.05, 0) is 90.6 Å². The molecule has 1 amide bonds. The number of fused-ring (bicyclic) bond motifs is 1. The second-order valence-corrected chi connectivity index (χ2v) is 10.4. The molecule has 0 aromatic heterocycles. The van der Waals surface area contributed by atoms with Crippen LogP contribution in [0.15, 0.2) is 92.4 Å². The predicted octanol–water partition coefficient (Wildman–Crippen LogP) is 7.66. The second-order valence-electron chi connectivity index (χ2n) is 8.58. The van der Waals surface area contributed by atoms with Crippen molar-refractivity contribution in [3.8, 4) is 5.75 Å². The summed E-state index contributed by atoms with van der Waals surface area (Å²) in [5.74, 6) is 0.793. The number of hydrazone groups is 1. The van der Waals surface area contributed by atoms with Gasteiger partial charge in [-0.15, -0.1) is 0 Å². The lowest BCUT2D eigenvalue weighted by Gasteiger charge is -2.29. The van der Waals surface area contributed by atoms with Crippen LogP contribution >= 0.6 is 31.9 Å². The van der Waals surface area contributed by atoms with Gasteiger partial charge in [-0.2, -0.15) is 5.10 Å². The van der Waals surface area contributed by atoms with E-state index in [1.165, 1.54) is 5.57 Å². The highest BCUT2D eigenvalue weighted by molar-refractivity contribution is 9.10. The van der Waals surface area contributed by atoms with E-state index in [2.05, 4.69) is 62.2 Å². The first kappa shape index (κ1) is 23.1. The van der Waals surface area contributed by atoms with Crippen molar-refractivity contribution < 1.29 is 9.53 Å². The smallest absolute Gasteiger partial charge is 0.274 e. The van der Waals surface area contributed by atoms with E-state index in [9.17, 15) is 4.79 Å². The normalized spacial score (nSPS) is 20.7. The highest BCUT2D eigenvalue weighted by Gasteiger charge is 2.43. The molecule has 3 aromatic rings. The van der Waals surface area contributed by atoms with Crippen molar-refractivity contribution in [1.82, 2.24) is 5.01 Å². The third-order valence-electron chi connectivity index (χ3n) is 6.47. The van der Waals surface area contributed by atoms with Gasteiger partial charge in [0.2, 0.25) is 0 Å². The number of nitrogens with zero attached hydrogens (tertiary/aromatic N) is 2. The van der Waals surface area contributed by atoms with Crippen molar-refractivity contribution in [2.75, 3.05) is 7.11 Å². The molecule has 0 spiro atoms. The Kier molecular flexibility index (Phi) is 6.70. The molecule has 0 radical (unpaired) electrons. The highest BCUT2D eigenvalue weighted by atomic mass is 79.9. The summed E-state index contributed by atoms with van der Waals surface area (Å²) in [4.78, 5) is 13.7. The Hall–Kier alpha value is -2.70. The Bertz CT molecular complexity index is 1250. The minimum absolute atomic E-state index is 0.0968. The lowest BCUT2D eigenvalue weighted by atomic mass is 9.77. The van der Waals surface area contributed by atoms with E-state index in [1.807, 2.05) is 36.4 Å². The first-order valence-corrected chi connectivity index (χ1v) is 12.9. The highest BCUT2D eigenvalue weighted by Crippen LogP contribution is 2.45. The summed E-state index contributed by atoms with van der Waals surface area (Å²) in [6.45, 7) is 0. The molecular weight excluding hydrogens is 556 g/mol. The van der Waals surface area contributed by atoms with Crippen molar-refractivity contribution in [3.05, 3.63) is 104 Å². The van der Waals surface area contributed by atoms with Gasteiger partial charge < -0.3 is 4.74 Å². The van der Waals surface area contributed by atoms with E-state index < -0.39 is 0 Å². The Balaban J connectivity index is 1.56. The van der Waals surface area contributed by atoms with E-state index in [0.717, 1.165) is 50.8 Å². The number of rotatable bonds is 4. The molecule has 34 heavy (non-hydrogen) atoms. The zero-order chi connectivity index (χ0) is 23.7. The standard InChI is InChI=1S/C28H24Br2N2O2/c1-34-24-15-9-20(10-16-24)28(33)32-27(19-7-13-23(30)14-8-19)25-4-2-3-21(26(25)31-32)17-18-5-11-22(29)12-6-18/h5-17,25,27H,2-4H2,1H3/b21-17+. The average molecular weight is 580 g/mol. The molecule has 1 aliphatic heterocycles. The van der Waals surface area contributed by atoms with E-state index >= 15 is 0 Å². The number of carbonyl (C=O) groups is 1. The SMILES string of the molecule is COc1ccc(C(=O)N2N=C3/C(=C/c4ccc(Br)cc4)CCCC3C2c2ccc(Br)cc2)cc1. The van der Waals surface area contributed by atoms with Crippen molar-refractivity contribution in [1.29, 1.82) is 0 Å². The molecule has 0 N–H and O–H groups in total. The molecule has 0 bridgehead atoms. The van der Waals surface area contributed by atoms with E-state index in [0.29, 0.717) is 5.56 Å². The number of benzene rings is 3. The molecule has 5 rings (SSSR count). The monoisotopic (exact) mass is 578 g/mol. The fraction of sp³-hybridized carbons (Fsp3) is 0.214. The number of hydrogen-bond donors (Lipinski definition) is 0. The molecule has 1 heterocycles. The molecule has 2 unspecified atom stereocenters. The van der Waals surface area contributed by atoms with Gasteiger partial charge in [-0.25, -0.2) is 5.01 Å². The fourth-order valence-corrected chi connectivity index (χ4v) is 5.32. The predicted molar refractivity (Wildman–Crippen MR) is 143 cm³/mol. The molecule has 0 saturated heterocycles. The molecule has 1 aliphatic carbocycles. The molecule has 172 valence electrons. The van der Waals surface area contributed by atoms with E-state index in [-0.39, 0.29) is 17.9 Å². The number of allylic oxidation sites excluding steroid dienone is 1. The van der Waals surface area contributed by atoms with Gasteiger partial charge in [0, 0.05) is 20.4 Å². The van der Waals surface area contributed by atoms with Gasteiger partial charge in [-0.1, -0.05) is 56.1 Å². The maximum Gasteiger partial charge on any atom is 0.274 e. The molecule has 1 saturated carbocycles. The summed E-state index contributed by atoms with van der Waals surface area (Å²) in [6, 6.07) is 23.7. The van der Waals surface area contributed by atoms with Gasteiger partial charge in [0.1, 0.15) is 5.75 Å². The number of hydrogen-bond acceptors (Lipinski definition) is 3. The van der Waals surface area contributed by atoms with Crippen LogP contribution in [0.3, 0.4) is 0 Å². The summed E-state index contributed by atoms with van der Waals surface area (Å²) in [5.41, 5.74) is 5.08. The van der Waals surface area contributed by atoms with Crippen LogP contribution in [-0.4, -0.2) is 23.7 Å². The first-order valence-electron chi connectivity index (χ1n) is 11.3. The van der Waals surface area contributed by atoms with Crippen LogP contribution in [0.1, 0.15) is 46.8 Å². The third-order valence-corrected chi connectivity index (χ3v) is 7.53. The fourth-order valence-electron chi connectivity index (χ4n) is 4.79. The van der Waals surface area contributed by atoms with Crippen LogP contribution < -0.4 is 4.74 Å². The number of ether oxygens (including phenoxy) is 1. The van der Waals surface area contributed by atoms with E-state index in [4.69, 9.17) is 9.84 Å². The van der Waals surface area contributed by atoms with Crippen LogP contribution in [-0.2, 0) is 0 Å². The summed E-state index contributed by atoms with van der Waals surface area (Å²) in [7, 11) is 1.62. The molecule has 1 fully saturated rings. The zero-order valence-electron chi connectivity index (χ0n) is 18.7. The lowest BCUT2D eigenvalue weighted by Crippen LogP contribution is -2.31. The number of carbonyl (C=O) groups excluding carboxylic acids is 1. The van der Waals surface area contributed by atoms with Crippen LogP contribution in [0, 0.1) is 5.92 Å². The maximum atomic E-state index is 13.7. The maximum absolute atomic E-state index is 13.7. The minimum Gasteiger partial charge on any atom is -0.497 e. The molecule has 2 atom stereocenters. The van der Waals surface area contributed by atoms with Crippen molar-refractivity contribution in [2.24, 2.45) is 11.0 Å². The molecule has 2 aliphatic rings. The number of methoxy groups -OCH3 is 1. The molecular formula is C28H24Br2N2O2. The zero-order valence-corrected chi connectivity index (χ0v) is 21.9. The Morgan fingerprint density at radius 1 is 0.971 bits per heavy atom. The van der Waals surface area contributed by atoms with Crippen LogP contribution in [0.25, 0.3) is 6.08 Å². The van der Waals surface area contributed by atoms with E-state index in [1.54, 1.807) is 24.3 Å². The van der Waals surface area contributed by atoms with Crippen LogP contribution in [0.5, 0.6) is 5.75 Å². The second kappa shape index (κ2) is 9.88. The van der Waals surface area contributed by atoms with Crippen LogP contribution in [0.2, 0.25) is 0 Å². The minimum atomic E-state index is -0.133. The van der Waals surface area contributed by atoms with Crippen LogP contribution in [0.4, 0.5) is 0 Å². The topological polar surface area (TPSA) is 41.9 Å². The summed E-state index contributed by atoms with van der Waals surface area (Å²) >= 11 is 7.05. The van der Waals surface area contributed by atoms with Gasteiger partial charge in [0.25, 0.3) is 5.91 Å². The van der Waals surface area contributed by atoms with Gasteiger partial charge >= 0.3 is 0 Å². The summed E-state index contributed by atoms with van der Waals surface area (Å²) in [6.07, 6.45) is 5.26. The van der Waals surface area contributed by atoms with Crippen molar-refractivity contribution in [2.45, 2.75) is 25.3 Å². The average Bonchev–Trinajstić information content (AvgIpc) is 3.26. The molecule has 4 nitrogen and oxygen atoms in total. The lowest BCUT2D eigenvalue weighted by molar-refractivity contribution is 0.0681. The third kappa shape index (κ3) is 4.62. The summed E-state index contributed by atoms with van der Waals surface area (Å²) < 4.78 is 7.34. The number of amides is 1. The Morgan fingerprint density at radius 2 is 1.62 bits per heavy atom. The Labute approximate surface area is 216 Å².